The van der Waals surface area contributed by atoms with E-state index in [1.165, 1.54) is 37.7 Å². The van der Waals surface area contributed by atoms with Gasteiger partial charge in [0.05, 0.1) is 17.8 Å². The van der Waals surface area contributed by atoms with Crippen molar-refractivity contribution in [3.05, 3.63) is 23.3 Å². The smallest absolute Gasteiger partial charge is 0.0627 e. The Labute approximate surface area is 171 Å². The number of hydrogen-bond acceptors (Lipinski definition) is 3. The molecule has 0 aromatic rings. The SMILES string of the molecule is C[C@@H]1[C@H](O)C/C(=C\C=C2/CCC[C@@]3(C)[C@@H]2CC[C@@H]3[C@@H](C)CC(C)(C)O)C[C@@H]1O. The fraction of sp³-hybridized carbons (Fsp3) is 0.840. The molecular weight excluding hydrogens is 348 g/mol. The number of fused-ring (bicyclic) bond motifs is 1. The zero-order chi connectivity index (χ0) is 20.7. The lowest BCUT2D eigenvalue weighted by atomic mass is 9.60. The second-order valence-corrected chi connectivity index (χ2v) is 11.1. The summed E-state index contributed by atoms with van der Waals surface area (Å²) in [4.78, 5) is 0. The minimum absolute atomic E-state index is 0.0318. The van der Waals surface area contributed by atoms with E-state index in [0.717, 1.165) is 6.42 Å². The van der Waals surface area contributed by atoms with E-state index in [-0.39, 0.29) is 5.92 Å². The number of aliphatic hydroxyl groups excluding tert-OH is 2. The topological polar surface area (TPSA) is 60.7 Å². The van der Waals surface area contributed by atoms with Crippen molar-refractivity contribution in [2.75, 3.05) is 0 Å². The third-order valence-electron chi connectivity index (χ3n) is 8.24. The Hall–Kier alpha value is -0.640. The fourth-order valence-electron chi connectivity index (χ4n) is 6.75. The molecule has 0 radical (unpaired) electrons. The monoisotopic (exact) mass is 390 g/mol. The first-order valence-electron chi connectivity index (χ1n) is 11.5. The van der Waals surface area contributed by atoms with Gasteiger partial charge in [0.1, 0.15) is 0 Å². The molecule has 3 fully saturated rings. The van der Waals surface area contributed by atoms with Crippen LogP contribution in [0.3, 0.4) is 0 Å². The number of aliphatic hydroxyl groups is 3. The first-order valence-corrected chi connectivity index (χ1v) is 11.5. The summed E-state index contributed by atoms with van der Waals surface area (Å²) in [5, 5.41) is 30.7. The van der Waals surface area contributed by atoms with Crippen molar-refractivity contribution in [2.24, 2.45) is 29.1 Å². The number of allylic oxidation sites excluding steroid dienone is 3. The van der Waals surface area contributed by atoms with Crippen molar-refractivity contribution in [2.45, 2.75) is 104 Å². The zero-order valence-corrected chi connectivity index (χ0v) is 18.6. The van der Waals surface area contributed by atoms with Crippen LogP contribution in [0.1, 0.15) is 86.0 Å². The van der Waals surface area contributed by atoms with Crippen LogP contribution in [0.2, 0.25) is 0 Å². The largest absolute Gasteiger partial charge is 0.392 e. The lowest BCUT2D eigenvalue weighted by molar-refractivity contribution is 0.00402. The van der Waals surface area contributed by atoms with E-state index in [9.17, 15) is 15.3 Å². The maximum absolute atomic E-state index is 10.3. The standard InChI is InChI=1S/C25H42O3/c1-16(15-24(3,4)28)20-10-11-21-19(7-6-12-25(20,21)5)9-8-18-13-22(26)17(2)23(27)14-18/h8-9,16-17,20-23,26-28H,6-7,10-15H2,1-5H3/b18-8-,19-9+/t16-,17-,20+,21+,22-,23+,25+/m0/s1. The minimum atomic E-state index is -0.592. The molecular formula is C25H42O3. The van der Waals surface area contributed by atoms with Crippen LogP contribution >= 0.6 is 0 Å². The molecule has 160 valence electrons. The summed E-state index contributed by atoms with van der Waals surface area (Å²) >= 11 is 0. The average molecular weight is 391 g/mol. The minimum Gasteiger partial charge on any atom is -0.392 e. The van der Waals surface area contributed by atoms with Crippen LogP contribution in [0.25, 0.3) is 0 Å². The molecule has 0 aromatic heterocycles. The zero-order valence-electron chi connectivity index (χ0n) is 18.6. The molecule has 0 amide bonds. The van der Waals surface area contributed by atoms with E-state index >= 15 is 0 Å². The molecule has 3 saturated carbocycles. The fourth-order valence-corrected chi connectivity index (χ4v) is 6.75. The highest BCUT2D eigenvalue weighted by Gasteiger charge is 2.51. The molecule has 3 rings (SSSR count). The van der Waals surface area contributed by atoms with Crippen LogP contribution in [-0.4, -0.2) is 33.1 Å². The van der Waals surface area contributed by atoms with Crippen molar-refractivity contribution in [3.8, 4) is 0 Å². The number of hydrogen-bond donors (Lipinski definition) is 3. The second-order valence-electron chi connectivity index (χ2n) is 11.1. The number of rotatable bonds is 4. The van der Waals surface area contributed by atoms with Crippen molar-refractivity contribution in [3.63, 3.8) is 0 Å². The summed E-state index contributed by atoms with van der Waals surface area (Å²) in [6.07, 6.45) is 12.2. The molecule has 3 heteroatoms. The summed E-state index contributed by atoms with van der Waals surface area (Å²) in [7, 11) is 0. The van der Waals surface area contributed by atoms with E-state index in [1.54, 1.807) is 5.57 Å². The molecule has 7 atom stereocenters. The highest BCUT2D eigenvalue weighted by atomic mass is 16.3. The van der Waals surface area contributed by atoms with Gasteiger partial charge in [0.25, 0.3) is 0 Å². The van der Waals surface area contributed by atoms with E-state index in [4.69, 9.17) is 0 Å². The molecule has 0 saturated heterocycles. The maximum atomic E-state index is 10.3. The molecule has 3 aliphatic rings. The van der Waals surface area contributed by atoms with E-state index in [0.29, 0.717) is 36.0 Å². The van der Waals surface area contributed by atoms with Gasteiger partial charge in [-0.05, 0) is 88.4 Å². The predicted octanol–water partition coefficient (Wildman–Crippen LogP) is 5.00. The first-order chi connectivity index (χ1) is 13.0. The molecule has 0 aromatic carbocycles. The molecule has 0 spiro atoms. The van der Waals surface area contributed by atoms with Crippen molar-refractivity contribution in [1.29, 1.82) is 0 Å². The molecule has 3 nitrogen and oxygen atoms in total. The van der Waals surface area contributed by atoms with Gasteiger partial charge in [-0.3, -0.25) is 0 Å². The van der Waals surface area contributed by atoms with Gasteiger partial charge in [0.15, 0.2) is 0 Å². The second kappa shape index (κ2) is 8.24. The van der Waals surface area contributed by atoms with Gasteiger partial charge in [-0.25, -0.2) is 0 Å². The van der Waals surface area contributed by atoms with E-state index in [2.05, 4.69) is 26.0 Å². The van der Waals surface area contributed by atoms with Gasteiger partial charge in [-0.15, -0.1) is 0 Å². The highest BCUT2D eigenvalue weighted by Crippen LogP contribution is 2.60. The van der Waals surface area contributed by atoms with E-state index < -0.39 is 17.8 Å². The molecule has 0 bridgehead atoms. The van der Waals surface area contributed by atoms with Gasteiger partial charge in [0.2, 0.25) is 0 Å². The van der Waals surface area contributed by atoms with Gasteiger partial charge < -0.3 is 15.3 Å². The Morgan fingerprint density at radius 3 is 2.39 bits per heavy atom. The van der Waals surface area contributed by atoms with Gasteiger partial charge in [-0.2, -0.15) is 0 Å². The summed E-state index contributed by atoms with van der Waals surface area (Å²) in [5.41, 5.74) is 2.50. The Balaban J connectivity index is 1.75. The maximum Gasteiger partial charge on any atom is 0.0627 e. The van der Waals surface area contributed by atoms with Crippen molar-refractivity contribution < 1.29 is 15.3 Å². The van der Waals surface area contributed by atoms with Gasteiger partial charge in [0, 0.05) is 5.92 Å². The summed E-state index contributed by atoms with van der Waals surface area (Å²) in [5.74, 6) is 1.83. The third-order valence-corrected chi connectivity index (χ3v) is 8.24. The van der Waals surface area contributed by atoms with E-state index in [1.807, 2.05) is 20.8 Å². The van der Waals surface area contributed by atoms with Crippen molar-refractivity contribution in [1.82, 2.24) is 0 Å². The van der Waals surface area contributed by atoms with Gasteiger partial charge in [-0.1, -0.05) is 44.1 Å². The Morgan fingerprint density at radius 1 is 1.14 bits per heavy atom. The lowest BCUT2D eigenvalue weighted by Crippen LogP contribution is -2.38. The van der Waals surface area contributed by atoms with Crippen LogP contribution in [0.15, 0.2) is 23.3 Å². The molecule has 28 heavy (non-hydrogen) atoms. The summed E-state index contributed by atoms with van der Waals surface area (Å²) in [6.45, 7) is 10.6. The normalized spacial score (nSPS) is 43.4. The summed E-state index contributed by atoms with van der Waals surface area (Å²) < 4.78 is 0. The third kappa shape index (κ3) is 4.57. The molecule has 3 N–H and O–H groups in total. The summed E-state index contributed by atoms with van der Waals surface area (Å²) in [6, 6.07) is 0. The Bertz CT molecular complexity index is 600. The molecule has 0 unspecified atom stereocenters. The van der Waals surface area contributed by atoms with Crippen LogP contribution < -0.4 is 0 Å². The molecule has 0 heterocycles. The molecule has 3 aliphatic carbocycles. The Kier molecular flexibility index (Phi) is 6.49. The molecule has 0 aliphatic heterocycles. The average Bonchev–Trinajstić information content (AvgIpc) is 2.93. The van der Waals surface area contributed by atoms with Crippen LogP contribution in [0.4, 0.5) is 0 Å². The Morgan fingerprint density at radius 2 is 1.79 bits per heavy atom. The van der Waals surface area contributed by atoms with Crippen LogP contribution in [0, 0.1) is 29.1 Å². The lowest BCUT2D eigenvalue weighted by Gasteiger charge is -2.45. The first kappa shape index (κ1) is 22.1. The predicted molar refractivity (Wildman–Crippen MR) is 115 cm³/mol. The van der Waals surface area contributed by atoms with Crippen LogP contribution in [0.5, 0.6) is 0 Å². The van der Waals surface area contributed by atoms with Crippen LogP contribution in [-0.2, 0) is 0 Å². The van der Waals surface area contributed by atoms with Crippen molar-refractivity contribution >= 4 is 0 Å². The quantitative estimate of drug-likeness (QED) is 0.633. The van der Waals surface area contributed by atoms with Gasteiger partial charge >= 0.3 is 0 Å². The highest BCUT2D eigenvalue weighted by molar-refractivity contribution is 5.26.